The SMILES string of the molecule is Cc1cccc(NC(=O)CC(C)C2CCCNC2)c1O. The Hall–Kier alpha value is -1.55. The Morgan fingerprint density at radius 3 is 3.05 bits per heavy atom. The van der Waals surface area contributed by atoms with Gasteiger partial charge in [0.15, 0.2) is 0 Å². The number of benzene rings is 1. The zero-order valence-corrected chi connectivity index (χ0v) is 12.3. The van der Waals surface area contributed by atoms with Gasteiger partial charge in [-0.05, 0) is 56.3 Å². The fourth-order valence-electron chi connectivity index (χ4n) is 2.78. The second-order valence-electron chi connectivity index (χ2n) is 5.81. The number of piperidine rings is 1. The van der Waals surface area contributed by atoms with Crippen molar-refractivity contribution in [2.75, 3.05) is 18.4 Å². The van der Waals surface area contributed by atoms with E-state index in [1.165, 1.54) is 12.8 Å². The molecule has 2 rings (SSSR count). The van der Waals surface area contributed by atoms with E-state index in [4.69, 9.17) is 0 Å². The Kier molecular flexibility index (Phi) is 5.01. The van der Waals surface area contributed by atoms with E-state index in [1.54, 1.807) is 6.07 Å². The van der Waals surface area contributed by atoms with Crippen LogP contribution in [-0.4, -0.2) is 24.1 Å². The molecule has 0 saturated carbocycles. The molecule has 2 unspecified atom stereocenters. The first-order valence-corrected chi connectivity index (χ1v) is 7.37. The Morgan fingerprint density at radius 1 is 1.55 bits per heavy atom. The Bertz CT molecular complexity index is 468. The van der Waals surface area contributed by atoms with E-state index in [-0.39, 0.29) is 11.7 Å². The van der Waals surface area contributed by atoms with Gasteiger partial charge in [-0.1, -0.05) is 19.1 Å². The smallest absolute Gasteiger partial charge is 0.224 e. The van der Waals surface area contributed by atoms with E-state index in [0.29, 0.717) is 23.9 Å². The van der Waals surface area contributed by atoms with Gasteiger partial charge < -0.3 is 15.7 Å². The topological polar surface area (TPSA) is 61.4 Å². The van der Waals surface area contributed by atoms with Crippen molar-refractivity contribution < 1.29 is 9.90 Å². The summed E-state index contributed by atoms with van der Waals surface area (Å²) in [7, 11) is 0. The van der Waals surface area contributed by atoms with Gasteiger partial charge in [-0.15, -0.1) is 0 Å². The maximum atomic E-state index is 12.1. The first kappa shape index (κ1) is 14.9. The van der Waals surface area contributed by atoms with Crippen LogP contribution in [0.2, 0.25) is 0 Å². The molecule has 2 atom stereocenters. The lowest BCUT2D eigenvalue weighted by Gasteiger charge is -2.28. The second kappa shape index (κ2) is 6.75. The summed E-state index contributed by atoms with van der Waals surface area (Å²) in [6, 6.07) is 5.38. The lowest BCUT2D eigenvalue weighted by molar-refractivity contribution is -0.117. The minimum Gasteiger partial charge on any atom is -0.505 e. The van der Waals surface area contributed by atoms with Crippen LogP contribution in [0.4, 0.5) is 5.69 Å². The number of phenolic OH excluding ortho intramolecular Hbond substituents is 1. The number of aromatic hydroxyl groups is 1. The summed E-state index contributed by atoms with van der Waals surface area (Å²) in [6.07, 6.45) is 2.88. The minimum atomic E-state index is -0.0241. The van der Waals surface area contributed by atoms with Gasteiger partial charge in [0.05, 0.1) is 5.69 Å². The fourth-order valence-corrected chi connectivity index (χ4v) is 2.78. The quantitative estimate of drug-likeness (QED) is 0.741. The van der Waals surface area contributed by atoms with Gasteiger partial charge in [0.2, 0.25) is 5.91 Å². The van der Waals surface area contributed by atoms with Crippen LogP contribution >= 0.6 is 0 Å². The Balaban J connectivity index is 1.90. The van der Waals surface area contributed by atoms with Crippen LogP contribution in [0.3, 0.4) is 0 Å². The number of carbonyl (C=O) groups is 1. The summed E-state index contributed by atoms with van der Waals surface area (Å²) >= 11 is 0. The van der Waals surface area contributed by atoms with Crippen molar-refractivity contribution in [3.05, 3.63) is 23.8 Å². The molecule has 1 fully saturated rings. The molecule has 1 aromatic carbocycles. The molecule has 20 heavy (non-hydrogen) atoms. The van der Waals surface area contributed by atoms with Gasteiger partial charge in [-0.3, -0.25) is 4.79 Å². The summed E-state index contributed by atoms with van der Waals surface area (Å²) in [4.78, 5) is 12.1. The van der Waals surface area contributed by atoms with Crippen LogP contribution in [0.15, 0.2) is 18.2 Å². The summed E-state index contributed by atoms with van der Waals surface area (Å²) < 4.78 is 0. The predicted octanol–water partition coefficient (Wildman–Crippen LogP) is 2.66. The van der Waals surface area contributed by atoms with Crippen molar-refractivity contribution in [1.29, 1.82) is 0 Å². The summed E-state index contributed by atoms with van der Waals surface area (Å²) in [5.74, 6) is 1.06. The van der Waals surface area contributed by atoms with Gasteiger partial charge in [0.1, 0.15) is 5.75 Å². The molecule has 0 aliphatic carbocycles. The average molecular weight is 276 g/mol. The molecule has 1 aromatic rings. The van der Waals surface area contributed by atoms with E-state index in [2.05, 4.69) is 17.6 Å². The van der Waals surface area contributed by atoms with Crippen LogP contribution < -0.4 is 10.6 Å². The number of nitrogens with one attached hydrogen (secondary N) is 2. The number of para-hydroxylation sites is 1. The van der Waals surface area contributed by atoms with Crippen molar-refractivity contribution in [2.45, 2.75) is 33.1 Å². The molecule has 1 heterocycles. The van der Waals surface area contributed by atoms with Gasteiger partial charge in [0, 0.05) is 6.42 Å². The van der Waals surface area contributed by atoms with Crippen molar-refractivity contribution in [3.63, 3.8) is 0 Å². The fraction of sp³-hybridized carbons (Fsp3) is 0.562. The average Bonchev–Trinajstić information content (AvgIpc) is 2.45. The maximum absolute atomic E-state index is 12.1. The first-order chi connectivity index (χ1) is 9.58. The van der Waals surface area contributed by atoms with Crippen LogP contribution in [0.1, 0.15) is 31.7 Å². The highest BCUT2D eigenvalue weighted by Gasteiger charge is 2.22. The number of rotatable bonds is 4. The van der Waals surface area contributed by atoms with E-state index >= 15 is 0 Å². The molecular formula is C16H24N2O2. The second-order valence-corrected chi connectivity index (χ2v) is 5.81. The number of aryl methyl sites for hydroxylation is 1. The number of anilines is 1. The lowest BCUT2D eigenvalue weighted by atomic mass is 9.85. The molecule has 1 saturated heterocycles. The van der Waals surface area contributed by atoms with Gasteiger partial charge in [-0.2, -0.15) is 0 Å². The summed E-state index contributed by atoms with van der Waals surface area (Å²) in [5, 5.41) is 16.1. The van der Waals surface area contributed by atoms with E-state index in [9.17, 15) is 9.90 Å². The molecule has 3 N–H and O–H groups in total. The number of amides is 1. The van der Waals surface area contributed by atoms with Crippen LogP contribution in [0, 0.1) is 18.8 Å². The Labute approximate surface area is 120 Å². The third-order valence-corrected chi connectivity index (χ3v) is 4.16. The van der Waals surface area contributed by atoms with Crippen molar-refractivity contribution in [2.24, 2.45) is 11.8 Å². The molecule has 0 aromatic heterocycles. The predicted molar refractivity (Wildman–Crippen MR) is 80.8 cm³/mol. The number of hydrogen-bond acceptors (Lipinski definition) is 3. The lowest BCUT2D eigenvalue weighted by Crippen LogP contribution is -2.34. The molecule has 4 nitrogen and oxygen atoms in total. The van der Waals surface area contributed by atoms with Crippen LogP contribution in [0.5, 0.6) is 5.75 Å². The van der Waals surface area contributed by atoms with Crippen molar-refractivity contribution in [3.8, 4) is 5.75 Å². The monoisotopic (exact) mass is 276 g/mol. The summed E-state index contributed by atoms with van der Waals surface area (Å²) in [6.45, 7) is 6.05. The van der Waals surface area contributed by atoms with E-state index in [0.717, 1.165) is 18.7 Å². The molecule has 0 spiro atoms. The van der Waals surface area contributed by atoms with Crippen molar-refractivity contribution in [1.82, 2.24) is 5.32 Å². The van der Waals surface area contributed by atoms with Gasteiger partial charge in [0.25, 0.3) is 0 Å². The highest BCUT2D eigenvalue weighted by molar-refractivity contribution is 5.92. The number of phenols is 1. The number of hydrogen-bond donors (Lipinski definition) is 3. The summed E-state index contributed by atoms with van der Waals surface area (Å²) in [5.41, 5.74) is 1.27. The number of carbonyl (C=O) groups excluding carboxylic acids is 1. The van der Waals surface area contributed by atoms with Gasteiger partial charge >= 0.3 is 0 Å². The van der Waals surface area contributed by atoms with Gasteiger partial charge in [-0.25, -0.2) is 0 Å². The highest BCUT2D eigenvalue weighted by atomic mass is 16.3. The third-order valence-electron chi connectivity index (χ3n) is 4.16. The highest BCUT2D eigenvalue weighted by Crippen LogP contribution is 2.28. The molecule has 1 aliphatic heterocycles. The Morgan fingerprint density at radius 2 is 2.35 bits per heavy atom. The standard InChI is InChI=1S/C16H24N2O2/c1-11-5-3-7-14(16(11)20)18-15(19)9-12(2)13-6-4-8-17-10-13/h3,5,7,12-13,17,20H,4,6,8-10H2,1-2H3,(H,18,19). The molecule has 1 amide bonds. The zero-order chi connectivity index (χ0) is 14.5. The molecule has 110 valence electrons. The largest absolute Gasteiger partial charge is 0.505 e. The minimum absolute atomic E-state index is 0.0241. The molecule has 0 bridgehead atoms. The molecular weight excluding hydrogens is 252 g/mol. The van der Waals surface area contributed by atoms with E-state index in [1.807, 2.05) is 19.1 Å². The third kappa shape index (κ3) is 3.73. The van der Waals surface area contributed by atoms with Crippen LogP contribution in [-0.2, 0) is 4.79 Å². The van der Waals surface area contributed by atoms with Crippen molar-refractivity contribution >= 4 is 11.6 Å². The maximum Gasteiger partial charge on any atom is 0.224 e. The zero-order valence-electron chi connectivity index (χ0n) is 12.3. The first-order valence-electron chi connectivity index (χ1n) is 7.37. The molecule has 4 heteroatoms. The van der Waals surface area contributed by atoms with E-state index < -0.39 is 0 Å². The van der Waals surface area contributed by atoms with Crippen LogP contribution in [0.25, 0.3) is 0 Å². The molecule has 0 radical (unpaired) electrons. The normalized spacial score (nSPS) is 20.4. The molecule has 1 aliphatic rings.